The van der Waals surface area contributed by atoms with E-state index < -0.39 is 11.7 Å². The largest absolute Gasteiger partial charge is 0.416 e. The number of carbonyl (C=O) groups is 1. The molecule has 152 valence electrons. The highest BCUT2D eigenvalue weighted by Gasteiger charge is 2.31. The zero-order chi connectivity index (χ0) is 20.6. The van der Waals surface area contributed by atoms with Crippen molar-refractivity contribution in [2.75, 3.05) is 18.1 Å². The van der Waals surface area contributed by atoms with Crippen LogP contribution in [0.1, 0.15) is 34.5 Å². The summed E-state index contributed by atoms with van der Waals surface area (Å²) in [6.07, 6.45) is 1.11. The number of halogens is 3. The topological polar surface area (TPSA) is 57.4 Å². The van der Waals surface area contributed by atoms with E-state index in [0.29, 0.717) is 36.0 Å². The van der Waals surface area contributed by atoms with Crippen molar-refractivity contribution < 1.29 is 22.7 Å². The summed E-state index contributed by atoms with van der Waals surface area (Å²) in [6, 6.07) is 6.53. The monoisotopic (exact) mass is 403 g/mol. The van der Waals surface area contributed by atoms with Gasteiger partial charge in [0, 0.05) is 30.1 Å². The van der Waals surface area contributed by atoms with Crippen LogP contribution >= 0.6 is 0 Å². The number of alkyl halides is 3. The van der Waals surface area contributed by atoms with Crippen LogP contribution in [0.5, 0.6) is 0 Å². The maximum atomic E-state index is 12.9. The molecule has 4 rings (SSSR count). The summed E-state index contributed by atoms with van der Waals surface area (Å²) in [5.41, 5.74) is 1.48. The van der Waals surface area contributed by atoms with Gasteiger partial charge >= 0.3 is 6.18 Å². The Kier molecular flexibility index (Phi) is 4.96. The lowest BCUT2D eigenvalue weighted by Gasteiger charge is -2.27. The molecule has 5 nitrogen and oxygen atoms in total. The van der Waals surface area contributed by atoms with E-state index in [4.69, 9.17) is 4.74 Å². The lowest BCUT2D eigenvalue weighted by molar-refractivity contribution is -0.137. The van der Waals surface area contributed by atoms with Crippen LogP contribution in [-0.2, 0) is 10.9 Å². The standard InChI is InChI=1S/C21H20F3N3O2/c1-13-4-5-14-11-18(20(28)25-12-17-3-2-10-29-17)26-19(14)27(13)16-8-6-15(7-9-16)21(22,23)24/h4-9,11,17,26H,1-3,10,12H2,(H,25,28). The van der Waals surface area contributed by atoms with Crippen molar-refractivity contribution in [1.82, 2.24) is 10.3 Å². The Labute approximate surface area is 165 Å². The predicted molar refractivity (Wildman–Crippen MR) is 104 cm³/mol. The van der Waals surface area contributed by atoms with Gasteiger partial charge in [0.2, 0.25) is 0 Å². The number of hydrogen-bond acceptors (Lipinski definition) is 3. The number of carbonyl (C=O) groups excluding carboxylic acids is 1. The van der Waals surface area contributed by atoms with Gasteiger partial charge in [-0.3, -0.25) is 9.69 Å². The smallest absolute Gasteiger partial charge is 0.376 e. The molecule has 0 aliphatic carbocycles. The minimum atomic E-state index is -4.40. The van der Waals surface area contributed by atoms with Crippen molar-refractivity contribution in [1.29, 1.82) is 0 Å². The van der Waals surface area contributed by atoms with Crippen LogP contribution < -0.4 is 10.2 Å². The first-order valence-corrected chi connectivity index (χ1v) is 9.30. The first-order valence-electron chi connectivity index (χ1n) is 9.30. The number of nitrogens with zero attached hydrogens (tertiary/aromatic N) is 1. The predicted octanol–water partition coefficient (Wildman–Crippen LogP) is 4.62. The van der Waals surface area contributed by atoms with Gasteiger partial charge in [-0.05, 0) is 55.3 Å². The fourth-order valence-electron chi connectivity index (χ4n) is 3.50. The van der Waals surface area contributed by atoms with Gasteiger partial charge in [-0.1, -0.05) is 6.58 Å². The molecule has 0 saturated carbocycles. The van der Waals surface area contributed by atoms with Crippen molar-refractivity contribution in [3.05, 3.63) is 65.5 Å². The highest BCUT2D eigenvalue weighted by atomic mass is 19.4. The first-order chi connectivity index (χ1) is 13.8. The lowest BCUT2D eigenvalue weighted by atomic mass is 10.1. The number of anilines is 2. The molecule has 1 atom stereocenters. The summed E-state index contributed by atoms with van der Waals surface area (Å²) >= 11 is 0. The van der Waals surface area contributed by atoms with Crippen LogP contribution in [0.4, 0.5) is 24.7 Å². The molecule has 8 heteroatoms. The summed E-state index contributed by atoms with van der Waals surface area (Å²) < 4.78 is 44.1. The number of amides is 1. The van der Waals surface area contributed by atoms with Crippen molar-refractivity contribution in [2.45, 2.75) is 25.1 Å². The molecule has 1 unspecified atom stereocenters. The number of aromatic nitrogens is 1. The molecule has 3 heterocycles. The second kappa shape index (κ2) is 7.44. The Morgan fingerprint density at radius 3 is 2.69 bits per heavy atom. The Balaban J connectivity index is 1.56. The first kappa shape index (κ1) is 19.3. The van der Waals surface area contributed by atoms with Gasteiger partial charge in [0.25, 0.3) is 5.91 Å². The van der Waals surface area contributed by atoms with Crippen LogP contribution in [0, 0.1) is 0 Å². The molecule has 1 amide bonds. The quantitative estimate of drug-likeness (QED) is 0.783. The number of benzene rings is 1. The summed E-state index contributed by atoms with van der Waals surface area (Å²) in [7, 11) is 0. The highest BCUT2D eigenvalue weighted by Crippen LogP contribution is 2.38. The fraction of sp³-hybridized carbons (Fsp3) is 0.286. The van der Waals surface area contributed by atoms with Crippen molar-refractivity contribution >= 4 is 23.5 Å². The zero-order valence-electron chi connectivity index (χ0n) is 15.6. The van der Waals surface area contributed by atoms with E-state index in [1.54, 1.807) is 17.0 Å². The average Bonchev–Trinajstić information content (AvgIpc) is 3.35. The average molecular weight is 403 g/mol. The van der Waals surface area contributed by atoms with E-state index in [0.717, 1.165) is 30.5 Å². The van der Waals surface area contributed by atoms with E-state index in [9.17, 15) is 18.0 Å². The van der Waals surface area contributed by atoms with Gasteiger partial charge in [-0.2, -0.15) is 13.2 Å². The Hall–Kier alpha value is -3.00. The van der Waals surface area contributed by atoms with E-state index in [1.807, 2.05) is 6.08 Å². The summed E-state index contributed by atoms with van der Waals surface area (Å²) in [5, 5.41) is 2.85. The lowest BCUT2D eigenvalue weighted by Crippen LogP contribution is -2.32. The molecule has 2 aliphatic heterocycles. The van der Waals surface area contributed by atoms with Gasteiger partial charge in [0.15, 0.2) is 0 Å². The molecule has 0 radical (unpaired) electrons. The molecule has 2 N–H and O–H groups in total. The maximum Gasteiger partial charge on any atom is 0.416 e. The fourth-order valence-corrected chi connectivity index (χ4v) is 3.50. The minimum Gasteiger partial charge on any atom is -0.376 e. The van der Waals surface area contributed by atoms with Gasteiger partial charge in [-0.15, -0.1) is 0 Å². The summed E-state index contributed by atoms with van der Waals surface area (Å²) in [4.78, 5) is 17.3. The Bertz CT molecular complexity index is 955. The van der Waals surface area contributed by atoms with Crippen molar-refractivity contribution in [2.24, 2.45) is 0 Å². The number of fused-ring (bicyclic) bond motifs is 1. The zero-order valence-corrected chi connectivity index (χ0v) is 15.6. The maximum absolute atomic E-state index is 12.9. The molecule has 2 aromatic rings. The Morgan fingerprint density at radius 1 is 1.28 bits per heavy atom. The molecule has 0 bridgehead atoms. The number of rotatable bonds is 4. The third kappa shape index (κ3) is 3.93. The molecule has 1 saturated heterocycles. The Morgan fingerprint density at radius 2 is 2.03 bits per heavy atom. The summed E-state index contributed by atoms with van der Waals surface area (Å²) in [5.74, 6) is 0.320. The van der Waals surface area contributed by atoms with E-state index in [1.165, 1.54) is 12.1 Å². The van der Waals surface area contributed by atoms with Gasteiger partial charge < -0.3 is 15.0 Å². The number of aromatic amines is 1. The minimum absolute atomic E-state index is 0.0341. The molecule has 0 spiro atoms. The third-order valence-corrected chi connectivity index (χ3v) is 5.00. The number of ether oxygens (including phenoxy) is 1. The molecule has 2 aliphatic rings. The number of hydrogen-bond donors (Lipinski definition) is 2. The molecule has 1 aromatic heterocycles. The van der Waals surface area contributed by atoms with E-state index in [2.05, 4.69) is 16.9 Å². The molecular weight excluding hydrogens is 383 g/mol. The SMILES string of the molecule is C=C1C=Cc2cc(C(=O)NCC3CCCO3)[nH]c2N1c1ccc(C(F)(F)F)cc1. The van der Waals surface area contributed by atoms with E-state index in [-0.39, 0.29) is 12.0 Å². The van der Waals surface area contributed by atoms with Gasteiger partial charge in [0.1, 0.15) is 11.5 Å². The third-order valence-electron chi connectivity index (χ3n) is 5.00. The van der Waals surface area contributed by atoms with Crippen molar-refractivity contribution in [3.8, 4) is 0 Å². The number of H-pyrrole nitrogens is 1. The molecule has 1 fully saturated rings. The normalized spacial score (nSPS) is 18.8. The second-order valence-corrected chi connectivity index (χ2v) is 7.04. The molecular formula is C21H20F3N3O2. The van der Waals surface area contributed by atoms with Crippen LogP contribution in [0.15, 0.2) is 48.7 Å². The van der Waals surface area contributed by atoms with Crippen LogP contribution in [-0.4, -0.2) is 30.1 Å². The second-order valence-electron chi connectivity index (χ2n) is 7.04. The number of allylic oxidation sites excluding steroid dienone is 1. The van der Waals surface area contributed by atoms with E-state index >= 15 is 0 Å². The number of nitrogens with one attached hydrogen (secondary N) is 2. The van der Waals surface area contributed by atoms with Crippen LogP contribution in [0.2, 0.25) is 0 Å². The molecule has 29 heavy (non-hydrogen) atoms. The van der Waals surface area contributed by atoms with Crippen molar-refractivity contribution in [3.63, 3.8) is 0 Å². The van der Waals surface area contributed by atoms with Gasteiger partial charge in [0.05, 0.1) is 11.7 Å². The highest BCUT2D eigenvalue weighted by molar-refractivity contribution is 5.96. The van der Waals surface area contributed by atoms with Gasteiger partial charge in [-0.25, -0.2) is 0 Å². The molecule has 1 aromatic carbocycles. The van der Waals surface area contributed by atoms with Crippen LogP contribution in [0.3, 0.4) is 0 Å². The summed E-state index contributed by atoms with van der Waals surface area (Å²) in [6.45, 7) is 5.12. The van der Waals surface area contributed by atoms with Crippen LogP contribution in [0.25, 0.3) is 6.08 Å².